The lowest BCUT2D eigenvalue weighted by atomic mass is 10.2. The van der Waals surface area contributed by atoms with Crippen LogP contribution in [0.1, 0.15) is 11.3 Å². The van der Waals surface area contributed by atoms with Gasteiger partial charge in [-0.25, -0.2) is 9.37 Å². The predicted molar refractivity (Wildman–Crippen MR) is 119 cm³/mol. The smallest absolute Gasteiger partial charge is 0.226 e. The van der Waals surface area contributed by atoms with Crippen LogP contribution in [0.4, 0.5) is 4.39 Å². The summed E-state index contributed by atoms with van der Waals surface area (Å²) in [5.74, 6) is -0.175. The molecule has 5 nitrogen and oxygen atoms in total. The standard InChI is InChI=1S/C23H17ClFN3O2S/c24-19-6-2-1-5-18(19)23-28-16(14-31-23)11-22(29)27-12-15-7-8-21(20(25)10-15)30-17-4-3-9-26-13-17/h1-10,13-14H,11-12H2,(H,27,29). The van der Waals surface area contributed by atoms with E-state index in [1.165, 1.54) is 29.7 Å². The fourth-order valence-corrected chi connectivity index (χ4v) is 3.99. The van der Waals surface area contributed by atoms with Gasteiger partial charge >= 0.3 is 0 Å². The highest BCUT2D eigenvalue weighted by Gasteiger charge is 2.12. The zero-order valence-electron chi connectivity index (χ0n) is 16.2. The Morgan fingerprint density at radius 1 is 1.16 bits per heavy atom. The number of carbonyl (C=O) groups is 1. The quantitative estimate of drug-likeness (QED) is 0.393. The molecule has 156 valence electrons. The second-order valence-corrected chi connectivity index (χ2v) is 7.90. The minimum atomic E-state index is -0.514. The zero-order valence-corrected chi connectivity index (χ0v) is 17.8. The number of aromatic nitrogens is 2. The second kappa shape index (κ2) is 9.68. The molecule has 8 heteroatoms. The van der Waals surface area contributed by atoms with Crippen LogP contribution < -0.4 is 10.1 Å². The number of hydrogen-bond acceptors (Lipinski definition) is 5. The van der Waals surface area contributed by atoms with Crippen LogP contribution in [0.5, 0.6) is 11.5 Å². The van der Waals surface area contributed by atoms with Crippen LogP contribution in [-0.2, 0) is 17.8 Å². The van der Waals surface area contributed by atoms with Crippen molar-refractivity contribution in [1.82, 2.24) is 15.3 Å². The average Bonchev–Trinajstić information content (AvgIpc) is 3.23. The van der Waals surface area contributed by atoms with Crippen molar-refractivity contribution in [3.8, 4) is 22.1 Å². The lowest BCUT2D eigenvalue weighted by Crippen LogP contribution is -2.24. The van der Waals surface area contributed by atoms with Gasteiger partial charge in [0.25, 0.3) is 0 Å². The van der Waals surface area contributed by atoms with Crippen LogP contribution >= 0.6 is 22.9 Å². The first-order valence-corrected chi connectivity index (χ1v) is 10.7. The largest absolute Gasteiger partial charge is 0.453 e. The molecule has 0 aliphatic heterocycles. The number of halogens is 2. The van der Waals surface area contributed by atoms with Crippen LogP contribution in [0.2, 0.25) is 5.02 Å². The summed E-state index contributed by atoms with van der Waals surface area (Å²) in [6.45, 7) is 0.199. The zero-order chi connectivity index (χ0) is 21.6. The van der Waals surface area contributed by atoms with Gasteiger partial charge in [0, 0.05) is 23.7 Å². The molecule has 0 bridgehead atoms. The summed E-state index contributed by atoms with van der Waals surface area (Å²) in [4.78, 5) is 20.7. The van der Waals surface area contributed by atoms with E-state index in [0.29, 0.717) is 22.0 Å². The number of hydrogen-bond donors (Lipinski definition) is 1. The van der Waals surface area contributed by atoms with Gasteiger partial charge in [-0.2, -0.15) is 0 Å². The first-order chi connectivity index (χ1) is 15.1. The van der Waals surface area contributed by atoms with Crippen LogP contribution in [0.3, 0.4) is 0 Å². The molecule has 1 amide bonds. The maximum Gasteiger partial charge on any atom is 0.226 e. The third-order valence-corrected chi connectivity index (χ3v) is 5.60. The monoisotopic (exact) mass is 453 g/mol. The fourth-order valence-electron chi connectivity index (χ4n) is 2.85. The van der Waals surface area contributed by atoms with E-state index in [0.717, 1.165) is 10.6 Å². The van der Waals surface area contributed by atoms with Crippen LogP contribution in [-0.4, -0.2) is 15.9 Å². The third kappa shape index (κ3) is 5.45. The molecule has 2 aromatic carbocycles. The molecule has 0 fully saturated rings. The minimum absolute atomic E-state index is 0.0950. The Kier molecular flexibility index (Phi) is 6.54. The molecule has 4 rings (SSSR count). The molecule has 0 radical (unpaired) electrons. The van der Waals surface area contributed by atoms with Gasteiger partial charge < -0.3 is 10.1 Å². The maximum absolute atomic E-state index is 14.3. The molecule has 31 heavy (non-hydrogen) atoms. The molecule has 0 saturated heterocycles. The highest BCUT2D eigenvalue weighted by Crippen LogP contribution is 2.30. The van der Waals surface area contributed by atoms with Crippen molar-refractivity contribution in [3.63, 3.8) is 0 Å². The molecule has 2 aromatic heterocycles. The number of thiazole rings is 1. The molecule has 2 heterocycles. The number of ether oxygens (including phenoxy) is 1. The summed E-state index contributed by atoms with van der Waals surface area (Å²) in [6.07, 6.45) is 3.24. The molecule has 4 aromatic rings. The van der Waals surface area contributed by atoms with Crippen molar-refractivity contribution in [3.05, 3.63) is 94.5 Å². The summed E-state index contributed by atoms with van der Waals surface area (Å²) in [7, 11) is 0. The molecular weight excluding hydrogens is 437 g/mol. The van der Waals surface area contributed by atoms with Gasteiger partial charge in [0.05, 0.1) is 23.3 Å². The molecule has 0 atom stereocenters. The molecule has 0 aliphatic carbocycles. The predicted octanol–water partition coefficient (Wildman–Crippen LogP) is 5.65. The average molecular weight is 454 g/mol. The molecule has 1 N–H and O–H groups in total. The normalized spacial score (nSPS) is 10.6. The van der Waals surface area contributed by atoms with Gasteiger partial charge in [-0.15, -0.1) is 11.3 Å². The van der Waals surface area contributed by atoms with E-state index >= 15 is 0 Å². The van der Waals surface area contributed by atoms with E-state index in [-0.39, 0.29) is 24.6 Å². The Labute approximate surface area is 187 Å². The summed E-state index contributed by atoms with van der Waals surface area (Å²) in [5.41, 5.74) is 2.12. The van der Waals surface area contributed by atoms with Crippen molar-refractivity contribution < 1.29 is 13.9 Å². The number of amides is 1. The van der Waals surface area contributed by atoms with Crippen LogP contribution in [0, 0.1) is 5.82 Å². The van der Waals surface area contributed by atoms with E-state index in [1.807, 2.05) is 23.6 Å². The number of pyridine rings is 1. The molecule has 0 saturated carbocycles. The van der Waals surface area contributed by atoms with E-state index in [4.69, 9.17) is 16.3 Å². The van der Waals surface area contributed by atoms with Gasteiger partial charge in [0.2, 0.25) is 5.91 Å². The SMILES string of the molecule is O=C(Cc1csc(-c2ccccc2Cl)n1)NCc1ccc(Oc2cccnc2)c(F)c1. The first kappa shape index (κ1) is 21.0. The Balaban J connectivity index is 1.33. The number of benzene rings is 2. The molecule has 0 spiro atoms. The number of nitrogens with one attached hydrogen (secondary N) is 1. The van der Waals surface area contributed by atoms with Gasteiger partial charge in [-0.3, -0.25) is 9.78 Å². The Morgan fingerprint density at radius 2 is 2.03 bits per heavy atom. The summed E-state index contributed by atoms with van der Waals surface area (Å²) in [6, 6.07) is 15.4. The van der Waals surface area contributed by atoms with Crippen LogP contribution in [0.25, 0.3) is 10.6 Å². The lowest BCUT2D eigenvalue weighted by molar-refractivity contribution is -0.120. The number of rotatable bonds is 7. The molecular formula is C23H17ClFN3O2S. The summed E-state index contributed by atoms with van der Waals surface area (Å²) >= 11 is 7.64. The lowest BCUT2D eigenvalue weighted by Gasteiger charge is -2.09. The fraction of sp³-hybridized carbons (Fsp3) is 0.0870. The van der Waals surface area contributed by atoms with Gasteiger partial charge in [-0.05, 0) is 35.9 Å². The highest BCUT2D eigenvalue weighted by atomic mass is 35.5. The van der Waals surface area contributed by atoms with Crippen molar-refractivity contribution in [2.24, 2.45) is 0 Å². The highest BCUT2D eigenvalue weighted by molar-refractivity contribution is 7.13. The topological polar surface area (TPSA) is 64.1 Å². The van der Waals surface area contributed by atoms with Crippen molar-refractivity contribution in [1.29, 1.82) is 0 Å². The van der Waals surface area contributed by atoms with Crippen LogP contribution in [0.15, 0.2) is 72.4 Å². The minimum Gasteiger partial charge on any atom is -0.453 e. The Hall–Kier alpha value is -3.29. The van der Waals surface area contributed by atoms with Gasteiger partial charge in [-0.1, -0.05) is 35.9 Å². The first-order valence-electron chi connectivity index (χ1n) is 9.41. The Morgan fingerprint density at radius 3 is 2.81 bits per heavy atom. The second-order valence-electron chi connectivity index (χ2n) is 6.63. The van der Waals surface area contributed by atoms with E-state index in [9.17, 15) is 9.18 Å². The number of nitrogens with zero attached hydrogens (tertiary/aromatic N) is 2. The maximum atomic E-state index is 14.3. The third-order valence-electron chi connectivity index (χ3n) is 4.35. The van der Waals surface area contributed by atoms with E-state index in [2.05, 4.69) is 15.3 Å². The van der Waals surface area contributed by atoms with Crippen molar-refractivity contribution in [2.75, 3.05) is 0 Å². The number of carbonyl (C=O) groups excluding carboxylic acids is 1. The van der Waals surface area contributed by atoms with Crippen molar-refractivity contribution >= 4 is 28.8 Å². The summed E-state index contributed by atoms with van der Waals surface area (Å²) < 4.78 is 19.8. The van der Waals surface area contributed by atoms with E-state index < -0.39 is 5.82 Å². The molecule has 0 unspecified atom stereocenters. The van der Waals surface area contributed by atoms with Gasteiger partial charge in [0.1, 0.15) is 10.8 Å². The summed E-state index contributed by atoms with van der Waals surface area (Å²) in [5, 5.41) is 6.00. The Bertz CT molecular complexity index is 1200. The van der Waals surface area contributed by atoms with Crippen molar-refractivity contribution in [2.45, 2.75) is 13.0 Å². The van der Waals surface area contributed by atoms with E-state index in [1.54, 1.807) is 30.5 Å². The molecule has 0 aliphatic rings. The van der Waals surface area contributed by atoms with Gasteiger partial charge in [0.15, 0.2) is 11.6 Å².